The lowest BCUT2D eigenvalue weighted by atomic mass is 9.78. The summed E-state index contributed by atoms with van der Waals surface area (Å²) in [6, 6.07) is 56.4. The van der Waals surface area contributed by atoms with Gasteiger partial charge in [0.2, 0.25) is 0 Å². The van der Waals surface area contributed by atoms with Crippen LogP contribution < -0.4 is 4.90 Å². The Labute approximate surface area is 286 Å². The van der Waals surface area contributed by atoms with E-state index in [-0.39, 0.29) is 0 Å². The molecule has 232 valence electrons. The number of hydrogen-bond donors (Lipinski definition) is 0. The van der Waals surface area contributed by atoms with Crippen molar-refractivity contribution < 1.29 is 0 Å². The van der Waals surface area contributed by atoms with E-state index in [2.05, 4.69) is 182 Å². The monoisotopic (exact) mass is 626 g/mol. The fourth-order valence-corrected chi connectivity index (χ4v) is 7.96. The standard InChI is InChI=1S/C47H34N2/c1-29-13-18-36(19-14-29)48(47-22-30(2)12-15-31(47)3)37-20-16-32-25-41-43(27-34(32)23-37)42-26-33-17-21-38(24-35(33)28-44(41)42)49-45-10-6-4-8-39(45)40-9-5-7-11-46(40)49/h4-28H,1-3H3. The molecule has 0 saturated carbocycles. The normalized spacial score (nSPS) is 12.0. The summed E-state index contributed by atoms with van der Waals surface area (Å²) in [5.41, 5.74) is 16.3. The Hall–Kier alpha value is -6.12. The molecule has 0 unspecified atom stereocenters. The Morgan fingerprint density at radius 3 is 1.59 bits per heavy atom. The molecule has 8 aromatic carbocycles. The molecule has 2 nitrogen and oxygen atoms in total. The average molecular weight is 627 g/mol. The zero-order valence-electron chi connectivity index (χ0n) is 27.8. The lowest BCUT2D eigenvalue weighted by Crippen LogP contribution is -2.11. The molecule has 0 radical (unpaired) electrons. The molecule has 49 heavy (non-hydrogen) atoms. The third kappa shape index (κ3) is 4.27. The van der Waals surface area contributed by atoms with E-state index in [9.17, 15) is 0 Å². The van der Waals surface area contributed by atoms with Gasteiger partial charge in [-0.2, -0.15) is 0 Å². The fraction of sp³-hybridized carbons (Fsp3) is 0.0638. The molecular formula is C47H34N2. The lowest BCUT2D eigenvalue weighted by Gasteiger charge is -2.29. The number of aryl methyl sites for hydroxylation is 3. The molecule has 1 aromatic heterocycles. The van der Waals surface area contributed by atoms with Crippen LogP contribution in [0.2, 0.25) is 0 Å². The number of aromatic nitrogens is 1. The minimum absolute atomic E-state index is 1.17. The van der Waals surface area contributed by atoms with Gasteiger partial charge < -0.3 is 9.47 Å². The van der Waals surface area contributed by atoms with E-state index in [1.807, 2.05) is 0 Å². The van der Waals surface area contributed by atoms with E-state index >= 15 is 0 Å². The molecule has 0 atom stereocenters. The van der Waals surface area contributed by atoms with E-state index in [1.165, 1.54) is 105 Å². The number of rotatable bonds is 4. The smallest absolute Gasteiger partial charge is 0.0541 e. The summed E-state index contributed by atoms with van der Waals surface area (Å²) in [5.74, 6) is 0. The van der Waals surface area contributed by atoms with Crippen molar-refractivity contribution in [2.45, 2.75) is 20.8 Å². The maximum atomic E-state index is 2.40. The van der Waals surface area contributed by atoms with Gasteiger partial charge in [-0.15, -0.1) is 0 Å². The van der Waals surface area contributed by atoms with Gasteiger partial charge in [-0.25, -0.2) is 0 Å². The Morgan fingerprint density at radius 1 is 0.408 bits per heavy atom. The average Bonchev–Trinajstić information content (AvgIpc) is 3.47. The van der Waals surface area contributed by atoms with Gasteiger partial charge in [0.25, 0.3) is 0 Å². The highest BCUT2D eigenvalue weighted by molar-refractivity contribution is 6.13. The van der Waals surface area contributed by atoms with Crippen molar-refractivity contribution in [3.63, 3.8) is 0 Å². The van der Waals surface area contributed by atoms with E-state index in [0.29, 0.717) is 0 Å². The van der Waals surface area contributed by atoms with E-state index in [4.69, 9.17) is 0 Å². The van der Waals surface area contributed by atoms with Crippen molar-refractivity contribution >= 4 is 60.4 Å². The minimum Gasteiger partial charge on any atom is -0.310 e. The van der Waals surface area contributed by atoms with Gasteiger partial charge in [-0.05, 0) is 155 Å². The molecule has 0 saturated heterocycles. The lowest BCUT2D eigenvalue weighted by molar-refractivity contribution is 1.19. The molecule has 1 aliphatic rings. The first-order chi connectivity index (χ1) is 24.0. The maximum absolute atomic E-state index is 2.40. The van der Waals surface area contributed by atoms with Crippen LogP contribution in [-0.4, -0.2) is 4.57 Å². The Morgan fingerprint density at radius 2 is 0.939 bits per heavy atom. The van der Waals surface area contributed by atoms with Crippen LogP contribution >= 0.6 is 0 Å². The van der Waals surface area contributed by atoms with Gasteiger partial charge in [0.15, 0.2) is 0 Å². The molecular weight excluding hydrogens is 593 g/mol. The second-order valence-electron chi connectivity index (χ2n) is 13.7. The van der Waals surface area contributed by atoms with Gasteiger partial charge in [0, 0.05) is 33.5 Å². The van der Waals surface area contributed by atoms with Gasteiger partial charge in [-0.3, -0.25) is 0 Å². The Balaban J connectivity index is 1.08. The van der Waals surface area contributed by atoms with Crippen molar-refractivity contribution in [2.75, 3.05) is 4.90 Å². The first-order valence-corrected chi connectivity index (χ1v) is 17.1. The summed E-state index contributed by atoms with van der Waals surface area (Å²) >= 11 is 0. The second kappa shape index (κ2) is 10.4. The number of benzene rings is 8. The Kier molecular flexibility index (Phi) is 5.95. The molecule has 1 heterocycles. The van der Waals surface area contributed by atoms with Crippen molar-refractivity contribution in [1.82, 2.24) is 4.57 Å². The Bertz CT molecular complexity index is 2750. The van der Waals surface area contributed by atoms with E-state index in [1.54, 1.807) is 0 Å². The number of para-hydroxylation sites is 2. The molecule has 1 aliphatic carbocycles. The third-order valence-electron chi connectivity index (χ3n) is 10.5. The second-order valence-corrected chi connectivity index (χ2v) is 13.7. The summed E-state index contributed by atoms with van der Waals surface area (Å²) < 4.78 is 2.40. The molecule has 0 aliphatic heterocycles. The predicted octanol–water partition coefficient (Wildman–Crippen LogP) is 13.1. The predicted molar refractivity (Wildman–Crippen MR) is 209 cm³/mol. The van der Waals surface area contributed by atoms with E-state index < -0.39 is 0 Å². The number of hydrogen-bond acceptors (Lipinski definition) is 1. The zero-order chi connectivity index (χ0) is 32.8. The van der Waals surface area contributed by atoms with Crippen LogP contribution in [0, 0.1) is 20.8 Å². The highest BCUT2D eigenvalue weighted by Crippen LogP contribution is 2.51. The fourth-order valence-electron chi connectivity index (χ4n) is 7.96. The van der Waals surface area contributed by atoms with Crippen molar-refractivity contribution in [3.05, 3.63) is 168 Å². The highest BCUT2D eigenvalue weighted by Gasteiger charge is 2.25. The van der Waals surface area contributed by atoms with Gasteiger partial charge in [-0.1, -0.05) is 78.4 Å². The van der Waals surface area contributed by atoms with Crippen LogP contribution in [0.15, 0.2) is 152 Å². The van der Waals surface area contributed by atoms with Crippen LogP contribution in [0.5, 0.6) is 0 Å². The number of fused-ring (bicyclic) bond motifs is 9. The largest absolute Gasteiger partial charge is 0.310 e. The first kappa shape index (κ1) is 27.9. The van der Waals surface area contributed by atoms with Crippen molar-refractivity contribution in [2.24, 2.45) is 0 Å². The SMILES string of the molecule is Cc1ccc(N(c2ccc3cc4c(cc3c2)-c2cc3ccc(-n5c6ccccc6c6ccccc65)cc3cc2-4)c2cc(C)ccc2C)cc1. The molecule has 2 heteroatoms. The van der Waals surface area contributed by atoms with Crippen LogP contribution in [0.25, 0.3) is 71.3 Å². The molecule has 0 fully saturated rings. The van der Waals surface area contributed by atoms with Gasteiger partial charge >= 0.3 is 0 Å². The first-order valence-electron chi connectivity index (χ1n) is 17.1. The topological polar surface area (TPSA) is 8.17 Å². The molecule has 0 N–H and O–H groups in total. The van der Waals surface area contributed by atoms with E-state index in [0.717, 1.165) is 0 Å². The summed E-state index contributed by atoms with van der Waals surface area (Å²) in [5, 5.41) is 7.62. The summed E-state index contributed by atoms with van der Waals surface area (Å²) in [4.78, 5) is 2.40. The maximum Gasteiger partial charge on any atom is 0.0541 e. The van der Waals surface area contributed by atoms with Crippen LogP contribution in [0.3, 0.4) is 0 Å². The molecule has 0 bridgehead atoms. The van der Waals surface area contributed by atoms with Crippen molar-refractivity contribution in [3.8, 4) is 27.9 Å². The number of nitrogens with zero attached hydrogens (tertiary/aromatic N) is 2. The highest BCUT2D eigenvalue weighted by atomic mass is 15.1. The number of anilines is 3. The van der Waals surface area contributed by atoms with Crippen molar-refractivity contribution in [1.29, 1.82) is 0 Å². The third-order valence-corrected chi connectivity index (χ3v) is 10.5. The summed E-state index contributed by atoms with van der Waals surface area (Å²) in [7, 11) is 0. The summed E-state index contributed by atoms with van der Waals surface area (Å²) in [6.07, 6.45) is 0. The van der Waals surface area contributed by atoms with Gasteiger partial charge in [0.1, 0.15) is 0 Å². The quantitative estimate of drug-likeness (QED) is 0.189. The van der Waals surface area contributed by atoms with Crippen LogP contribution in [0.1, 0.15) is 16.7 Å². The zero-order valence-corrected chi connectivity index (χ0v) is 27.8. The summed E-state index contributed by atoms with van der Waals surface area (Å²) in [6.45, 7) is 6.52. The minimum atomic E-state index is 1.17. The molecule has 9 aromatic rings. The van der Waals surface area contributed by atoms with Crippen LogP contribution in [-0.2, 0) is 0 Å². The molecule has 0 amide bonds. The molecule has 10 rings (SSSR count). The van der Waals surface area contributed by atoms with Crippen LogP contribution in [0.4, 0.5) is 17.1 Å². The van der Waals surface area contributed by atoms with Gasteiger partial charge in [0.05, 0.1) is 11.0 Å². The molecule has 0 spiro atoms.